The minimum Gasteiger partial charge on any atom is -0.360 e. The minimum atomic E-state index is -4.16. The number of alkyl halides is 6. The Morgan fingerprint density at radius 3 is 1.42 bits per heavy atom. The molecule has 1 aliphatic heterocycles. The molecular weight excluding hydrogens is 223 g/mol. The van der Waals surface area contributed by atoms with Gasteiger partial charge in [0.15, 0.2) is 0 Å². The molecule has 72 valence electrons. The molecule has 0 bridgehead atoms. The van der Waals surface area contributed by atoms with E-state index in [4.69, 9.17) is 0 Å². The van der Waals surface area contributed by atoms with Gasteiger partial charge in [0.25, 0.3) is 0 Å². The number of halogens is 6. The van der Waals surface area contributed by atoms with Crippen LogP contribution in [0.2, 0.25) is 0 Å². The summed E-state index contributed by atoms with van der Waals surface area (Å²) in [6.07, 6.45) is -0.556. The fourth-order valence-corrected chi connectivity index (χ4v) is 1.50. The monoisotopic (exact) mass is 226 g/mol. The van der Waals surface area contributed by atoms with Crippen LogP contribution >= 0.6 is 23.2 Å². The topological polar surface area (TPSA) is 9.23 Å². The molecule has 0 amide bonds. The average Bonchev–Trinajstić information content (AvgIpc) is 1.47. The molecule has 0 aromatic rings. The fraction of sp³-hybridized carbons (Fsp3) is 1.00. The molecule has 1 aliphatic rings. The molecule has 0 aromatic heterocycles. The third-order valence-corrected chi connectivity index (χ3v) is 2.33. The van der Waals surface area contributed by atoms with E-state index >= 15 is 0 Å². The summed E-state index contributed by atoms with van der Waals surface area (Å²) in [4.78, 5) is 0. The van der Waals surface area contributed by atoms with Crippen molar-refractivity contribution >= 4 is 23.2 Å². The van der Waals surface area contributed by atoms with Crippen molar-refractivity contribution < 1.29 is 22.3 Å². The largest absolute Gasteiger partial charge is 0.360 e. The van der Waals surface area contributed by atoms with Crippen LogP contribution in [-0.2, 0) is 4.74 Å². The van der Waals surface area contributed by atoms with Gasteiger partial charge in [-0.15, -0.1) is 0 Å². The van der Waals surface area contributed by atoms with Crippen molar-refractivity contribution in [2.45, 2.75) is 22.8 Å². The second kappa shape index (κ2) is 2.62. The van der Waals surface area contributed by atoms with Gasteiger partial charge in [-0.2, -0.15) is 17.6 Å². The number of ether oxygens (including phenoxy) is 1. The number of hydrogen-bond donors (Lipinski definition) is 0. The van der Waals surface area contributed by atoms with Crippen molar-refractivity contribution in [3.63, 3.8) is 0 Å². The Bertz CT molecular complexity index is 165. The van der Waals surface area contributed by atoms with Crippen LogP contribution in [0.15, 0.2) is 0 Å². The zero-order chi connectivity index (χ0) is 9.62. The minimum absolute atomic E-state index is 0.190. The fourth-order valence-electron chi connectivity index (χ4n) is 0.914. The van der Waals surface area contributed by atoms with Gasteiger partial charge in [0.2, 0.25) is 5.60 Å². The summed E-state index contributed by atoms with van der Waals surface area (Å²) in [5.41, 5.74) is -3.04. The predicted molar refractivity (Wildman–Crippen MR) is 34.9 cm³/mol. The molecule has 0 N–H and O–H groups in total. The smallest absolute Gasteiger partial charge is 0.357 e. The normalized spacial score (nSPS) is 23.5. The average molecular weight is 227 g/mol. The maximum absolute atomic E-state index is 12.4. The maximum atomic E-state index is 12.4. The molecule has 1 saturated heterocycles. The molecule has 0 atom stereocenters. The van der Waals surface area contributed by atoms with E-state index in [1.807, 2.05) is 0 Å². The van der Waals surface area contributed by atoms with Crippen molar-refractivity contribution in [3.8, 4) is 0 Å². The molecule has 0 spiro atoms. The summed E-state index contributed by atoms with van der Waals surface area (Å²) in [7, 11) is 0. The summed E-state index contributed by atoms with van der Waals surface area (Å²) in [6.45, 7) is -0.190. The quantitative estimate of drug-likeness (QED) is 0.520. The predicted octanol–water partition coefficient (Wildman–Crippen LogP) is 2.81. The van der Waals surface area contributed by atoms with E-state index in [1.165, 1.54) is 0 Å². The molecule has 0 saturated carbocycles. The summed E-state index contributed by atoms with van der Waals surface area (Å²) >= 11 is 8.91. The zero-order valence-electron chi connectivity index (χ0n) is 5.59. The molecular formula is C5H4Cl2F4O. The van der Waals surface area contributed by atoms with Gasteiger partial charge in [0.05, 0.1) is 6.61 Å². The van der Waals surface area contributed by atoms with E-state index in [1.54, 1.807) is 0 Å². The van der Waals surface area contributed by atoms with Gasteiger partial charge in [-0.3, -0.25) is 0 Å². The third kappa shape index (κ3) is 1.28. The van der Waals surface area contributed by atoms with Crippen molar-refractivity contribution in [1.29, 1.82) is 0 Å². The molecule has 7 heteroatoms. The highest BCUT2D eigenvalue weighted by molar-refractivity contribution is 6.26. The van der Waals surface area contributed by atoms with Crippen molar-refractivity contribution in [2.24, 2.45) is 0 Å². The lowest BCUT2D eigenvalue weighted by molar-refractivity contribution is -0.302. The Morgan fingerprint density at radius 1 is 1.08 bits per heavy atom. The SMILES string of the molecule is FC(F)(Cl)C1(C(F)(F)Cl)CCO1. The molecule has 1 nitrogen and oxygen atoms in total. The van der Waals surface area contributed by atoms with E-state index in [9.17, 15) is 17.6 Å². The number of rotatable bonds is 2. The van der Waals surface area contributed by atoms with Crippen molar-refractivity contribution in [2.75, 3.05) is 6.61 Å². The Kier molecular flexibility index (Phi) is 2.26. The molecule has 0 radical (unpaired) electrons. The lowest BCUT2D eigenvalue weighted by Crippen LogP contribution is -2.64. The van der Waals surface area contributed by atoms with E-state index < -0.39 is 22.8 Å². The van der Waals surface area contributed by atoms with Gasteiger partial charge in [0.1, 0.15) is 0 Å². The van der Waals surface area contributed by atoms with Gasteiger partial charge >= 0.3 is 10.8 Å². The van der Waals surface area contributed by atoms with E-state index in [2.05, 4.69) is 27.9 Å². The molecule has 0 aliphatic carbocycles. The maximum Gasteiger partial charge on any atom is 0.357 e. The second-order valence-corrected chi connectivity index (χ2v) is 3.37. The first-order valence-corrected chi connectivity index (χ1v) is 3.74. The Hall–Kier alpha value is 0.260. The Labute approximate surface area is 75.6 Å². The van der Waals surface area contributed by atoms with Crippen LogP contribution in [0.5, 0.6) is 0 Å². The highest BCUT2D eigenvalue weighted by Gasteiger charge is 2.72. The number of hydrogen-bond acceptors (Lipinski definition) is 1. The molecule has 12 heavy (non-hydrogen) atoms. The lowest BCUT2D eigenvalue weighted by atomic mass is 9.95. The van der Waals surface area contributed by atoms with Crippen LogP contribution in [-0.4, -0.2) is 23.0 Å². The van der Waals surface area contributed by atoms with Gasteiger partial charge in [0, 0.05) is 6.42 Å². The molecule has 0 aromatic carbocycles. The molecule has 0 unspecified atom stereocenters. The van der Waals surface area contributed by atoms with Crippen molar-refractivity contribution in [3.05, 3.63) is 0 Å². The van der Waals surface area contributed by atoms with Crippen LogP contribution in [0.4, 0.5) is 17.6 Å². The van der Waals surface area contributed by atoms with Crippen LogP contribution < -0.4 is 0 Å². The first-order chi connectivity index (χ1) is 5.21. The zero-order valence-corrected chi connectivity index (χ0v) is 7.10. The summed E-state index contributed by atoms with van der Waals surface area (Å²) in [5, 5.41) is -8.31. The van der Waals surface area contributed by atoms with Crippen LogP contribution in [0.3, 0.4) is 0 Å². The third-order valence-electron chi connectivity index (χ3n) is 1.72. The first kappa shape index (κ1) is 10.3. The molecule has 1 rings (SSSR count). The van der Waals surface area contributed by atoms with E-state index in [0.29, 0.717) is 0 Å². The second-order valence-electron chi connectivity index (χ2n) is 2.42. The van der Waals surface area contributed by atoms with Gasteiger partial charge in [-0.05, 0) is 23.2 Å². The van der Waals surface area contributed by atoms with Crippen LogP contribution in [0.1, 0.15) is 6.42 Å². The summed E-state index contributed by atoms with van der Waals surface area (Å²) in [5.74, 6) is 0. The molecule has 1 fully saturated rings. The van der Waals surface area contributed by atoms with E-state index in [-0.39, 0.29) is 6.61 Å². The standard InChI is InChI=1S/C5H4Cl2F4O/c6-4(8,9)3(1-2-12-3)5(7,10)11/h1-2H2. The lowest BCUT2D eigenvalue weighted by Gasteiger charge is -2.45. The summed E-state index contributed by atoms with van der Waals surface area (Å²) in [6, 6.07) is 0. The van der Waals surface area contributed by atoms with Gasteiger partial charge in [-0.1, -0.05) is 0 Å². The first-order valence-electron chi connectivity index (χ1n) is 2.98. The van der Waals surface area contributed by atoms with Crippen LogP contribution in [0.25, 0.3) is 0 Å². The van der Waals surface area contributed by atoms with Gasteiger partial charge in [-0.25, -0.2) is 0 Å². The highest BCUT2D eigenvalue weighted by atomic mass is 35.5. The highest BCUT2D eigenvalue weighted by Crippen LogP contribution is 2.54. The van der Waals surface area contributed by atoms with Crippen molar-refractivity contribution in [1.82, 2.24) is 0 Å². The summed E-state index contributed by atoms with van der Waals surface area (Å²) < 4.78 is 53.7. The van der Waals surface area contributed by atoms with Crippen LogP contribution in [0, 0.1) is 0 Å². The molecule has 1 heterocycles. The van der Waals surface area contributed by atoms with E-state index in [0.717, 1.165) is 0 Å². The Morgan fingerprint density at radius 2 is 1.42 bits per heavy atom. The Balaban J connectivity index is 2.92. The van der Waals surface area contributed by atoms with Gasteiger partial charge < -0.3 is 4.74 Å².